The Morgan fingerprint density at radius 3 is 2.89 bits per heavy atom. The van der Waals surface area contributed by atoms with Crippen LogP contribution in [-0.4, -0.2) is 32.7 Å². The van der Waals surface area contributed by atoms with Crippen LogP contribution >= 0.6 is 15.9 Å². The molecule has 19 heavy (non-hydrogen) atoms. The molecule has 0 aliphatic carbocycles. The highest BCUT2D eigenvalue weighted by Gasteiger charge is 2.02. The van der Waals surface area contributed by atoms with Crippen molar-refractivity contribution in [3.05, 3.63) is 28.2 Å². The molecular weight excluding hydrogens is 310 g/mol. The molecular formula is C13H16BrN3O2. The number of nitriles is 1. The Bertz CT molecular complexity index is 471. The minimum Gasteiger partial charge on any atom is -0.384 e. The Kier molecular flexibility index (Phi) is 6.93. The molecule has 0 bridgehead atoms. The Labute approximate surface area is 121 Å². The van der Waals surface area contributed by atoms with Crippen molar-refractivity contribution in [2.75, 3.05) is 32.1 Å². The summed E-state index contributed by atoms with van der Waals surface area (Å²) >= 11 is 3.33. The van der Waals surface area contributed by atoms with E-state index in [9.17, 15) is 4.79 Å². The van der Waals surface area contributed by atoms with Gasteiger partial charge in [0.2, 0.25) is 5.91 Å². The van der Waals surface area contributed by atoms with Gasteiger partial charge >= 0.3 is 0 Å². The fraction of sp³-hybridized carbons (Fsp3) is 0.385. The smallest absolute Gasteiger partial charge is 0.221 e. The van der Waals surface area contributed by atoms with Gasteiger partial charge in [-0.3, -0.25) is 4.79 Å². The molecule has 0 saturated carbocycles. The van der Waals surface area contributed by atoms with Gasteiger partial charge in [0.25, 0.3) is 0 Å². The Morgan fingerprint density at radius 2 is 2.21 bits per heavy atom. The number of ether oxygens (including phenoxy) is 1. The Morgan fingerprint density at radius 1 is 1.42 bits per heavy atom. The summed E-state index contributed by atoms with van der Waals surface area (Å²) in [5, 5.41) is 14.7. The minimum atomic E-state index is -0.0277. The monoisotopic (exact) mass is 325 g/mol. The first-order chi connectivity index (χ1) is 9.15. The van der Waals surface area contributed by atoms with Crippen LogP contribution in [0.25, 0.3) is 0 Å². The van der Waals surface area contributed by atoms with E-state index in [-0.39, 0.29) is 5.91 Å². The van der Waals surface area contributed by atoms with Gasteiger partial charge in [-0.15, -0.1) is 0 Å². The second kappa shape index (κ2) is 8.51. The van der Waals surface area contributed by atoms with Gasteiger partial charge in [0, 0.05) is 36.8 Å². The highest BCUT2D eigenvalue weighted by molar-refractivity contribution is 9.10. The van der Waals surface area contributed by atoms with E-state index < -0.39 is 0 Å². The van der Waals surface area contributed by atoms with E-state index >= 15 is 0 Å². The molecule has 0 fully saturated rings. The molecule has 0 spiro atoms. The molecule has 0 saturated heterocycles. The lowest BCUT2D eigenvalue weighted by molar-refractivity contribution is -0.121. The fourth-order valence-corrected chi connectivity index (χ4v) is 1.95. The summed E-state index contributed by atoms with van der Waals surface area (Å²) in [6.45, 7) is 1.54. The van der Waals surface area contributed by atoms with Crippen molar-refractivity contribution in [3.8, 4) is 6.07 Å². The molecule has 0 aromatic heterocycles. The largest absolute Gasteiger partial charge is 0.384 e. The lowest BCUT2D eigenvalue weighted by Gasteiger charge is -2.08. The van der Waals surface area contributed by atoms with Crippen molar-refractivity contribution in [2.24, 2.45) is 0 Å². The summed E-state index contributed by atoms with van der Waals surface area (Å²) in [5.41, 5.74) is 1.39. The SMILES string of the molecule is COCCNC(=O)CCNc1cc(Br)cc(C#N)c1. The van der Waals surface area contributed by atoms with Crippen LogP contribution in [0.1, 0.15) is 12.0 Å². The molecule has 0 aliphatic rings. The van der Waals surface area contributed by atoms with Gasteiger partial charge < -0.3 is 15.4 Å². The lowest BCUT2D eigenvalue weighted by Crippen LogP contribution is -2.28. The van der Waals surface area contributed by atoms with E-state index in [4.69, 9.17) is 10.00 Å². The molecule has 2 N–H and O–H groups in total. The topological polar surface area (TPSA) is 74.2 Å². The van der Waals surface area contributed by atoms with Crippen LogP contribution in [0.2, 0.25) is 0 Å². The van der Waals surface area contributed by atoms with Crippen LogP contribution in [0.3, 0.4) is 0 Å². The van der Waals surface area contributed by atoms with Gasteiger partial charge in [0.1, 0.15) is 0 Å². The predicted octanol–water partition coefficient (Wildman–Crippen LogP) is 1.89. The third-order valence-corrected chi connectivity index (χ3v) is 2.79. The number of nitrogens with zero attached hydrogens (tertiary/aromatic N) is 1. The summed E-state index contributed by atoms with van der Waals surface area (Å²) < 4.78 is 5.67. The number of benzene rings is 1. The second-order valence-electron chi connectivity index (χ2n) is 3.86. The van der Waals surface area contributed by atoms with Crippen LogP contribution in [-0.2, 0) is 9.53 Å². The number of carbonyl (C=O) groups is 1. The third kappa shape index (κ3) is 6.22. The maximum Gasteiger partial charge on any atom is 0.221 e. The molecule has 1 rings (SSSR count). The van der Waals surface area contributed by atoms with Crippen molar-refractivity contribution in [3.63, 3.8) is 0 Å². The van der Waals surface area contributed by atoms with Gasteiger partial charge in [-0.1, -0.05) is 15.9 Å². The molecule has 0 unspecified atom stereocenters. The molecule has 5 nitrogen and oxygen atoms in total. The van der Waals surface area contributed by atoms with E-state index in [2.05, 4.69) is 32.6 Å². The van der Waals surface area contributed by atoms with Gasteiger partial charge in [-0.2, -0.15) is 5.26 Å². The average molecular weight is 326 g/mol. The second-order valence-corrected chi connectivity index (χ2v) is 4.78. The molecule has 6 heteroatoms. The van der Waals surface area contributed by atoms with Crippen molar-refractivity contribution in [2.45, 2.75) is 6.42 Å². The van der Waals surface area contributed by atoms with Crippen molar-refractivity contribution < 1.29 is 9.53 Å². The van der Waals surface area contributed by atoms with Crippen LogP contribution in [0.15, 0.2) is 22.7 Å². The van der Waals surface area contributed by atoms with Crippen molar-refractivity contribution >= 4 is 27.5 Å². The maximum absolute atomic E-state index is 11.4. The Hall–Kier alpha value is -1.58. The number of rotatable bonds is 7. The van der Waals surface area contributed by atoms with Gasteiger partial charge in [-0.25, -0.2) is 0 Å². The zero-order chi connectivity index (χ0) is 14.1. The molecule has 1 aromatic carbocycles. The third-order valence-electron chi connectivity index (χ3n) is 2.34. The summed E-state index contributed by atoms with van der Waals surface area (Å²) in [6.07, 6.45) is 0.373. The van der Waals surface area contributed by atoms with Crippen molar-refractivity contribution in [1.29, 1.82) is 5.26 Å². The molecule has 0 aliphatic heterocycles. The Balaban J connectivity index is 2.35. The molecule has 102 valence electrons. The molecule has 1 amide bonds. The normalized spacial score (nSPS) is 9.74. The number of amides is 1. The number of halogens is 1. The van der Waals surface area contributed by atoms with Gasteiger partial charge in [0.05, 0.1) is 18.2 Å². The predicted molar refractivity (Wildman–Crippen MR) is 76.8 cm³/mol. The molecule has 0 heterocycles. The maximum atomic E-state index is 11.4. The van der Waals surface area contributed by atoms with E-state index in [1.807, 2.05) is 6.07 Å². The standard InChI is InChI=1S/C13H16BrN3O2/c1-19-5-4-17-13(18)2-3-16-12-7-10(9-15)6-11(14)8-12/h6-8,16H,2-5H2,1H3,(H,17,18). The summed E-state index contributed by atoms with van der Waals surface area (Å²) in [5.74, 6) is -0.0277. The van der Waals surface area contributed by atoms with E-state index in [1.165, 1.54) is 0 Å². The van der Waals surface area contributed by atoms with E-state index in [1.54, 1.807) is 19.2 Å². The molecule has 0 radical (unpaired) electrons. The quantitative estimate of drug-likeness (QED) is 0.751. The zero-order valence-corrected chi connectivity index (χ0v) is 12.3. The first-order valence-electron chi connectivity index (χ1n) is 5.86. The molecule has 1 aromatic rings. The number of carbonyl (C=O) groups excluding carboxylic acids is 1. The van der Waals surface area contributed by atoms with Gasteiger partial charge in [-0.05, 0) is 18.2 Å². The molecule has 0 atom stereocenters. The lowest BCUT2D eigenvalue weighted by atomic mass is 10.2. The number of anilines is 1. The van der Waals surface area contributed by atoms with Crippen molar-refractivity contribution in [1.82, 2.24) is 5.32 Å². The van der Waals surface area contributed by atoms with E-state index in [0.717, 1.165) is 10.2 Å². The number of methoxy groups -OCH3 is 1. The van der Waals surface area contributed by atoms with E-state index in [0.29, 0.717) is 31.7 Å². The van der Waals surface area contributed by atoms with Crippen LogP contribution in [0.5, 0.6) is 0 Å². The zero-order valence-electron chi connectivity index (χ0n) is 10.7. The highest BCUT2D eigenvalue weighted by atomic mass is 79.9. The number of nitrogens with one attached hydrogen (secondary N) is 2. The highest BCUT2D eigenvalue weighted by Crippen LogP contribution is 2.19. The first kappa shape index (κ1) is 15.5. The average Bonchev–Trinajstić information content (AvgIpc) is 2.38. The summed E-state index contributed by atoms with van der Waals surface area (Å²) in [4.78, 5) is 11.4. The van der Waals surface area contributed by atoms with Gasteiger partial charge in [0.15, 0.2) is 0 Å². The van der Waals surface area contributed by atoms with Crippen LogP contribution in [0, 0.1) is 11.3 Å². The first-order valence-corrected chi connectivity index (χ1v) is 6.65. The summed E-state index contributed by atoms with van der Waals surface area (Å²) in [6, 6.07) is 7.43. The van der Waals surface area contributed by atoms with Crippen LogP contribution < -0.4 is 10.6 Å². The minimum absolute atomic E-state index is 0.0277. The summed E-state index contributed by atoms with van der Waals surface area (Å²) in [7, 11) is 1.59. The number of hydrogen-bond acceptors (Lipinski definition) is 4. The number of hydrogen-bond donors (Lipinski definition) is 2. The fourth-order valence-electron chi connectivity index (χ4n) is 1.46. The van der Waals surface area contributed by atoms with Crippen LogP contribution in [0.4, 0.5) is 5.69 Å².